The van der Waals surface area contributed by atoms with E-state index in [1.165, 1.54) is 0 Å². The highest BCUT2D eigenvalue weighted by molar-refractivity contribution is 5.89. The predicted octanol–water partition coefficient (Wildman–Crippen LogP) is 3.10. The van der Waals surface area contributed by atoms with Crippen molar-refractivity contribution in [2.45, 2.75) is 45.8 Å². The number of carbonyl (C=O) groups excluding carboxylic acids is 1. The zero-order valence-electron chi connectivity index (χ0n) is 13.8. The minimum atomic E-state index is -0.443. The van der Waals surface area contributed by atoms with Crippen LogP contribution >= 0.6 is 0 Å². The van der Waals surface area contributed by atoms with Crippen LogP contribution in [0.15, 0.2) is 24.3 Å². The molecule has 1 heterocycles. The Morgan fingerprint density at radius 3 is 2.50 bits per heavy atom. The molecule has 22 heavy (non-hydrogen) atoms. The number of anilines is 1. The molecule has 0 aliphatic carbocycles. The summed E-state index contributed by atoms with van der Waals surface area (Å²) in [5.41, 5.74) is 0.477. The van der Waals surface area contributed by atoms with Crippen molar-refractivity contribution in [1.82, 2.24) is 4.90 Å². The molecule has 5 heteroatoms. The fourth-order valence-electron chi connectivity index (χ4n) is 2.40. The minimum Gasteiger partial charge on any atom is -0.488 e. The second kappa shape index (κ2) is 6.57. The lowest BCUT2D eigenvalue weighted by Gasteiger charge is -2.34. The Morgan fingerprint density at radius 2 is 1.95 bits per heavy atom. The van der Waals surface area contributed by atoms with Gasteiger partial charge in [0.1, 0.15) is 11.4 Å². The lowest BCUT2D eigenvalue weighted by atomic mass is 9.96. The number of amides is 2. The normalized spacial score (nSPS) is 22.3. The molecule has 1 saturated heterocycles. The lowest BCUT2D eigenvalue weighted by molar-refractivity contribution is 0.0464. The number of β-amino-alcohol motifs (C(OH)–C–C–N with tert-alkyl or cyclic N) is 1. The highest BCUT2D eigenvalue weighted by atomic mass is 16.5. The predicted molar refractivity (Wildman–Crippen MR) is 87.2 cm³/mol. The first-order valence-corrected chi connectivity index (χ1v) is 7.78. The highest BCUT2D eigenvalue weighted by Crippen LogP contribution is 2.22. The zero-order valence-corrected chi connectivity index (χ0v) is 13.8. The Balaban J connectivity index is 1.92. The van der Waals surface area contributed by atoms with E-state index >= 15 is 0 Å². The van der Waals surface area contributed by atoms with Crippen LogP contribution in [0.5, 0.6) is 5.75 Å². The summed E-state index contributed by atoms with van der Waals surface area (Å²) < 4.78 is 5.75. The van der Waals surface area contributed by atoms with Gasteiger partial charge in [-0.05, 0) is 57.4 Å². The maximum absolute atomic E-state index is 12.2. The van der Waals surface area contributed by atoms with Gasteiger partial charge < -0.3 is 20.1 Å². The van der Waals surface area contributed by atoms with Crippen LogP contribution in [-0.4, -0.2) is 40.8 Å². The van der Waals surface area contributed by atoms with Crippen molar-refractivity contribution >= 4 is 11.7 Å². The van der Waals surface area contributed by atoms with Gasteiger partial charge in [0.15, 0.2) is 0 Å². The van der Waals surface area contributed by atoms with Crippen molar-refractivity contribution in [2.75, 3.05) is 18.4 Å². The van der Waals surface area contributed by atoms with Crippen LogP contribution in [0.4, 0.5) is 10.5 Å². The summed E-state index contributed by atoms with van der Waals surface area (Å²) in [6.45, 7) is 9.05. The molecule has 122 valence electrons. The average molecular weight is 306 g/mol. The summed E-state index contributed by atoms with van der Waals surface area (Å²) in [7, 11) is 0. The van der Waals surface area contributed by atoms with Crippen LogP contribution in [0.1, 0.15) is 34.1 Å². The number of likely N-dealkylation sites (tertiary alicyclic amines) is 1. The minimum absolute atomic E-state index is 0.171. The standard InChI is InChI=1S/C17H26N2O3/c1-12-9-10-19(11-15(12)20)16(21)18-13-5-7-14(8-6-13)22-17(2,3)4/h5-8,12,15,20H,9-11H2,1-4H3,(H,18,21). The van der Waals surface area contributed by atoms with E-state index in [9.17, 15) is 9.90 Å². The number of piperidine rings is 1. The fourth-order valence-corrected chi connectivity index (χ4v) is 2.40. The van der Waals surface area contributed by atoms with E-state index in [2.05, 4.69) is 5.32 Å². The number of ether oxygens (including phenoxy) is 1. The molecule has 2 unspecified atom stereocenters. The van der Waals surface area contributed by atoms with Gasteiger partial charge in [-0.15, -0.1) is 0 Å². The average Bonchev–Trinajstić information content (AvgIpc) is 2.42. The van der Waals surface area contributed by atoms with Gasteiger partial charge in [0.25, 0.3) is 0 Å². The SMILES string of the molecule is CC1CCN(C(=O)Nc2ccc(OC(C)(C)C)cc2)CC1O. The van der Waals surface area contributed by atoms with E-state index in [0.29, 0.717) is 13.1 Å². The Kier molecular flexibility index (Phi) is 4.96. The third-order valence-corrected chi connectivity index (χ3v) is 3.74. The molecule has 1 aromatic carbocycles. The summed E-state index contributed by atoms with van der Waals surface area (Å²) in [6.07, 6.45) is 0.384. The number of hydrogen-bond donors (Lipinski definition) is 2. The van der Waals surface area contributed by atoms with Crippen LogP contribution in [0.25, 0.3) is 0 Å². The number of urea groups is 1. The van der Waals surface area contributed by atoms with Crippen molar-refractivity contribution in [2.24, 2.45) is 5.92 Å². The van der Waals surface area contributed by atoms with Gasteiger partial charge in [-0.3, -0.25) is 0 Å². The number of rotatable bonds is 2. The Labute approximate surface area is 132 Å². The molecule has 0 radical (unpaired) electrons. The maximum Gasteiger partial charge on any atom is 0.321 e. The molecule has 0 spiro atoms. The molecular weight excluding hydrogens is 280 g/mol. The third kappa shape index (κ3) is 4.63. The zero-order chi connectivity index (χ0) is 16.3. The monoisotopic (exact) mass is 306 g/mol. The molecule has 1 aliphatic heterocycles. The number of nitrogens with zero attached hydrogens (tertiary/aromatic N) is 1. The molecule has 2 N–H and O–H groups in total. The van der Waals surface area contributed by atoms with E-state index < -0.39 is 6.10 Å². The summed E-state index contributed by atoms with van der Waals surface area (Å²) >= 11 is 0. The maximum atomic E-state index is 12.2. The topological polar surface area (TPSA) is 61.8 Å². The van der Waals surface area contributed by atoms with E-state index in [1.807, 2.05) is 52.0 Å². The molecule has 0 aromatic heterocycles. The van der Waals surface area contributed by atoms with E-state index in [1.54, 1.807) is 4.90 Å². The summed E-state index contributed by atoms with van der Waals surface area (Å²) in [4.78, 5) is 13.9. The first kappa shape index (κ1) is 16.6. The Morgan fingerprint density at radius 1 is 1.32 bits per heavy atom. The van der Waals surface area contributed by atoms with Gasteiger partial charge in [0.05, 0.1) is 6.10 Å². The van der Waals surface area contributed by atoms with Crippen LogP contribution < -0.4 is 10.1 Å². The first-order chi connectivity index (χ1) is 10.2. The highest BCUT2D eigenvalue weighted by Gasteiger charge is 2.27. The molecule has 0 saturated carbocycles. The molecule has 1 aromatic rings. The number of aliphatic hydroxyl groups is 1. The number of benzene rings is 1. The second-order valence-corrected chi connectivity index (χ2v) is 6.95. The van der Waals surface area contributed by atoms with Gasteiger partial charge >= 0.3 is 6.03 Å². The Bertz CT molecular complexity index is 508. The van der Waals surface area contributed by atoms with Crippen LogP contribution in [0.2, 0.25) is 0 Å². The molecule has 2 atom stereocenters. The molecule has 5 nitrogen and oxygen atoms in total. The number of nitrogens with one attached hydrogen (secondary N) is 1. The van der Waals surface area contributed by atoms with Crippen LogP contribution in [0.3, 0.4) is 0 Å². The van der Waals surface area contributed by atoms with E-state index in [0.717, 1.165) is 17.9 Å². The van der Waals surface area contributed by atoms with Gasteiger partial charge in [-0.2, -0.15) is 0 Å². The summed E-state index contributed by atoms with van der Waals surface area (Å²) in [5.74, 6) is 1.02. The van der Waals surface area contributed by atoms with Gasteiger partial charge in [-0.25, -0.2) is 4.79 Å². The van der Waals surface area contributed by atoms with Gasteiger partial charge in [0, 0.05) is 18.8 Å². The Hall–Kier alpha value is -1.75. The van der Waals surface area contributed by atoms with Crippen molar-refractivity contribution in [1.29, 1.82) is 0 Å². The largest absolute Gasteiger partial charge is 0.488 e. The smallest absolute Gasteiger partial charge is 0.321 e. The van der Waals surface area contributed by atoms with E-state index in [4.69, 9.17) is 4.74 Å². The van der Waals surface area contributed by atoms with Crippen molar-refractivity contribution in [3.63, 3.8) is 0 Å². The quantitative estimate of drug-likeness (QED) is 0.882. The molecular formula is C17H26N2O3. The first-order valence-electron chi connectivity index (χ1n) is 7.78. The third-order valence-electron chi connectivity index (χ3n) is 3.74. The van der Waals surface area contributed by atoms with Crippen molar-refractivity contribution in [3.8, 4) is 5.75 Å². The van der Waals surface area contributed by atoms with Crippen molar-refractivity contribution < 1.29 is 14.6 Å². The van der Waals surface area contributed by atoms with Crippen LogP contribution in [-0.2, 0) is 0 Å². The van der Waals surface area contributed by atoms with Crippen molar-refractivity contribution in [3.05, 3.63) is 24.3 Å². The van der Waals surface area contributed by atoms with Crippen LogP contribution in [0, 0.1) is 5.92 Å². The number of carbonyl (C=O) groups is 1. The molecule has 0 bridgehead atoms. The second-order valence-electron chi connectivity index (χ2n) is 6.95. The lowest BCUT2D eigenvalue weighted by Crippen LogP contribution is -2.47. The summed E-state index contributed by atoms with van der Waals surface area (Å²) in [6, 6.07) is 7.15. The molecule has 1 aliphatic rings. The molecule has 2 amide bonds. The van der Waals surface area contributed by atoms with Gasteiger partial charge in [0.2, 0.25) is 0 Å². The fraction of sp³-hybridized carbons (Fsp3) is 0.588. The van der Waals surface area contributed by atoms with Gasteiger partial charge in [-0.1, -0.05) is 6.92 Å². The molecule has 2 rings (SSSR count). The number of aliphatic hydroxyl groups excluding tert-OH is 1. The number of hydrogen-bond acceptors (Lipinski definition) is 3. The molecule has 1 fully saturated rings. The summed E-state index contributed by atoms with van der Waals surface area (Å²) in [5, 5.41) is 12.7. The van der Waals surface area contributed by atoms with E-state index in [-0.39, 0.29) is 17.6 Å².